The second kappa shape index (κ2) is 7.09. The second-order valence-electron chi connectivity index (χ2n) is 2.15. The molecule has 0 fully saturated rings. The van der Waals surface area contributed by atoms with Crippen LogP contribution in [0.25, 0.3) is 0 Å². The molecular weight excluding hydrogens is 219 g/mol. The fourth-order valence-electron chi connectivity index (χ4n) is 0.617. The molecule has 1 unspecified atom stereocenters. The molecule has 6 heteroatoms. The lowest BCUT2D eigenvalue weighted by molar-refractivity contribution is 0.161. The van der Waals surface area contributed by atoms with Crippen molar-refractivity contribution in [1.29, 1.82) is 0 Å². The fourth-order valence-corrected chi connectivity index (χ4v) is 1.71. The first kappa shape index (κ1) is 13.7. The Hall–Kier alpha value is -1.26. The zero-order valence-corrected chi connectivity index (χ0v) is 9.16. The lowest BCUT2D eigenvalue weighted by atomic mass is 10.8. The van der Waals surface area contributed by atoms with Gasteiger partial charge in [0.25, 0.3) is 0 Å². The molecule has 0 radical (unpaired) electrons. The van der Waals surface area contributed by atoms with E-state index in [1.807, 2.05) is 0 Å². The van der Waals surface area contributed by atoms with Crippen LogP contribution in [0.3, 0.4) is 0 Å². The van der Waals surface area contributed by atoms with Gasteiger partial charge in [-0.25, -0.2) is 9.36 Å². The summed E-state index contributed by atoms with van der Waals surface area (Å²) in [7, 11) is -3.96. The van der Waals surface area contributed by atoms with E-state index >= 15 is 0 Å². The normalized spacial score (nSPS) is 13.3. The maximum atomic E-state index is 11.7. The largest absolute Gasteiger partial charge is 0.443 e. The zero-order valence-electron chi connectivity index (χ0n) is 8.26. The van der Waals surface area contributed by atoms with Crippen LogP contribution >= 0.6 is 7.60 Å². The van der Waals surface area contributed by atoms with Gasteiger partial charge in [0.05, 0.1) is 6.61 Å². The molecule has 0 aromatic heterocycles. The van der Waals surface area contributed by atoms with E-state index in [2.05, 4.69) is 25.6 Å². The summed E-state index contributed by atoms with van der Waals surface area (Å²) in [4.78, 5) is 11.2. The molecule has 1 atom stereocenters. The third-order valence-corrected chi connectivity index (χ3v) is 2.76. The Labute approximate surface area is 88.6 Å². The average Bonchev–Trinajstić information content (AvgIpc) is 2.23. The van der Waals surface area contributed by atoms with Crippen LogP contribution in [0.5, 0.6) is 0 Å². The molecule has 15 heavy (non-hydrogen) atoms. The molecule has 5 nitrogen and oxygen atoms in total. The van der Waals surface area contributed by atoms with E-state index in [0.717, 1.165) is 0 Å². The van der Waals surface area contributed by atoms with Gasteiger partial charge in [-0.15, -0.1) is 12.8 Å². The first-order valence-corrected chi connectivity index (χ1v) is 5.58. The summed E-state index contributed by atoms with van der Waals surface area (Å²) in [6, 6.07) is 0. The molecule has 82 valence electrons. The summed E-state index contributed by atoms with van der Waals surface area (Å²) in [6.45, 7) is 0.991. The van der Waals surface area contributed by atoms with Gasteiger partial charge in [0.2, 0.25) is 0 Å². The summed E-state index contributed by atoms with van der Waals surface area (Å²) in [5, 5.41) is 0. The van der Waals surface area contributed by atoms with Crippen molar-refractivity contribution in [2.75, 3.05) is 19.8 Å². The topological polar surface area (TPSA) is 61.8 Å². The second-order valence-corrected chi connectivity index (χ2v) is 4.03. The first-order valence-electron chi connectivity index (χ1n) is 4.04. The first-order chi connectivity index (χ1) is 7.10. The lowest BCUT2D eigenvalue weighted by Crippen LogP contribution is -2.09. The number of hydrogen-bond acceptors (Lipinski definition) is 5. The van der Waals surface area contributed by atoms with Crippen molar-refractivity contribution in [1.82, 2.24) is 0 Å². The number of rotatable bonds is 6. The Kier molecular flexibility index (Phi) is 6.49. The van der Waals surface area contributed by atoms with Crippen molar-refractivity contribution in [3.63, 3.8) is 0 Å². The van der Waals surface area contributed by atoms with Gasteiger partial charge in [0.1, 0.15) is 6.61 Å². The molecule has 0 aromatic rings. The maximum absolute atomic E-state index is 11.7. The molecule has 0 aromatic carbocycles. The van der Waals surface area contributed by atoms with E-state index in [-0.39, 0.29) is 19.8 Å². The van der Waals surface area contributed by atoms with Crippen molar-refractivity contribution >= 4 is 13.3 Å². The zero-order chi connectivity index (χ0) is 11.7. The number of ether oxygens (including phenoxy) is 1. The molecule has 0 N–H and O–H groups in total. The summed E-state index contributed by atoms with van der Waals surface area (Å²) in [6.07, 6.45) is 9.76. The van der Waals surface area contributed by atoms with E-state index in [9.17, 15) is 9.36 Å². The Bertz CT molecular complexity index is 335. The highest BCUT2D eigenvalue weighted by atomic mass is 31.2. The quantitative estimate of drug-likeness (QED) is 0.512. The van der Waals surface area contributed by atoms with Crippen molar-refractivity contribution in [2.24, 2.45) is 0 Å². The highest BCUT2D eigenvalue weighted by molar-refractivity contribution is 7.71. The minimum absolute atomic E-state index is 0.0347. The molecular formula is C9H11O5P. The lowest BCUT2D eigenvalue weighted by Gasteiger charge is -2.13. The minimum atomic E-state index is -3.96. The summed E-state index contributed by atoms with van der Waals surface area (Å²) >= 11 is 0. The smallest absolute Gasteiger partial charge is 0.439 e. The molecule has 0 bridgehead atoms. The number of terminal acetylenes is 2. The standard InChI is InChI=1S/C9H11O5P/c1-4-7-12-9(10)15(11,13-6-3)14-8-5-2/h1-2H,6-8H2,3H3. The molecule has 0 aliphatic heterocycles. The Morgan fingerprint density at radius 1 is 1.27 bits per heavy atom. The fraction of sp³-hybridized carbons (Fsp3) is 0.444. The predicted molar refractivity (Wildman–Crippen MR) is 54.2 cm³/mol. The third kappa shape index (κ3) is 4.67. The van der Waals surface area contributed by atoms with E-state index in [1.165, 1.54) is 0 Å². The molecule has 0 saturated carbocycles. The van der Waals surface area contributed by atoms with Crippen LogP contribution in [0.15, 0.2) is 0 Å². The van der Waals surface area contributed by atoms with Gasteiger partial charge < -0.3 is 9.26 Å². The van der Waals surface area contributed by atoms with Crippen LogP contribution < -0.4 is 0 Å². The average molecular weight is 230 g/mol. The van der Waals surface area contributed by atoms with Gasteiger partial charge in [0, 0.05) is 0 Å². The van der Waals surface area contributed by atoms with E-state index in [0.29, 0.717) is 0 Å². The van der Waals surface area contributed by atoms with Crippen LogP contribution in [-0.4, -0.2) is 25.5 Å². The summed E-state index contributed by atoms with van der Waals surface area (Å²) in [5.41, 5.74) is -1.13. The molecule has 0 saturated heterocycles. The maximum Gasteiger partial charge on any atom is 0.439 e. The van der Waals surface area contributed by atoms with Crippen LogP contribution in [0.4, 0.5) is 4.79 Å². The van der Waals surface area contributed by atoms with Gasteiger partial charge in [-0.1, -0.05) is 11.8 Å². The number of carbonyl (C=O) groups excluding carboxylic acids is 1. The van der Waals surface area contributed by atoms with E-state index in [1.54, 1.807) is 6.92 Å². The van der Waals surface area contributed by atoms with Crippen molar-refractivity contribution in [3.05, 3.63) is 0 Å². The Morgan fingerprint density at radius 3 is 2.33 bits per heavy atom. The van der Waals surface area contributed by atoms with Gasteiger partial charge >= 0.3 is 13.3 Å². The van der Waals surface area contributed by atoms with Crippen LogP contribution in [0.2, 0.25) is 0 Å². The van der Waals surface area contributed by atoms with Gasteiger partial charge in [0.15, 0.2) is 6.61 Å². The highest BCUT2D eigenvalue weighted by Crippen LogP contribution is 2.49. The van der Waals surface area contributed by atoms with Gasteiger partial charge in [-0.3, -0.25) is 4.52 Å². The molecule has 0 aliphatic rings. The Morgan fingerprint density at radius 2 is 1.87 bits per heavy atom. The predicted octanol–water partition coefficient (Wildman–Crippen LogP) is 1.64. The van der Waals surface area contributed by atoms with Gasteiger partial charge in [-0.2, -0.15) is 0 Å². The van der Waals surface area contributed by atoms with Crippen molar-refractivity contribution in [2.45, 2.75) is 6.92 Å². The molecule has 0 amide bonds. The Balaban J connectivity index is 4.50. The molecule has 0 heterocycles. The van der Waals surface area contributed by atoms with Crippen molar-refractivity contribution in [3.8, 4) is 24.7 Å². The molecule has 0 rings (SSSR count). The molecule has 0 spiro atoms. The van der Waals surface area contributed by atoms with Crippen molar-refractivity contribution < 1.29 is 23.1 Å². The monoisotopic (exact) mass is 230 g/mol. The summed E-state index contributed by atoms with van der Waals surface area (Å²) < 4.78 is 25.5. The molecule has 0 aliphatic carbocycles. The van der Waals surface area contributed by atoms with Gasteiger partial charge in [-0.05, 0) is 6.92 Å². The van der Waals surface area contributed by atoms with E-state index in [4.69, 9.17) is 12.8 Å². The van der Waals surface area contributed by atoms with Crippen LogP contribution in [-0.2, 0) is 18.3 Å². The summed E-state index contributed by atoms with van der Waals surface area (Å²) in [5.74, 6) is 4.12. The van der Waals surface area contributed by atoms with Crippen LogP contribution in [0, 0.1) is 24.7 Å². The highest BCUT2D eigenvalue weighted by Gasteiger charge is 2.36. The third-order valence-electron chi connectivity index (χ3n) is 1.12. The SMILES string of the molecule is C#CCOC(=O)P(=O)(OCC)OCC#C. The van der Waals surface area contributed by atoms with Crippen LogP contribution in [0.1, 0.15) is 6.92 Å². The minimum Gasteiger partial charge on any atom is -0.443 e. The number of hydrogen-bond donors (Lipinski definition) is 0. The number of carbonyl (C=O) groups is 1. The van der Waals surface area contributed by atoms with E-state index < -0.39 is 13.3 Å².